The first-order valence-corrected chi connectivity index (χ1v) is 16.5. The van der Waals surface area contributed by atoms with Crippen LogP contribution in [0.2, 0.25) is 5.02 Å². The molecule has 4 fully saturated rings. The number of halogens is 1. The van der Waals surface area contributed by atoms with E-state index >= 15 is 0 Å². The lowest BCUT2D eigenvalue weighted by molar-refractivity contribution is -0.228. The lowest BCUT2D eigenvalue weighted by Gasteiger charge is -2.72. The van der Waals surface area contributed by atoms with Crippen molar-refractivity contribution >= 4 is 23.1 Å². The standard InChI is InChI=1S/C37H51ClO3/c1-22(2)24-12-17-37(21-39)19-18-35(6)27(31(24)37)10-11-30-34(5)15-13-26(25-9-8-23(32(40)41)20-28(25)38)33(3,4)29(34)14-16-36(30,35)7/h8-9,13,20,24,27,29-31,39H,1,10-12,14-19,21H2,2-7H3,(H,40,41)/t24-,27+,29-,30?,31?,34-,35+,36+,37+/m0/s1. The Hall–Kier alpha value is -1.58. The zero-order chi connectivity index (χ0) is 29.8. The van der Waals surface area contributed by atoms with E-state index in [1.54, 1.807) is 12.1 Å². The fourth-order valence-corrected chi connectivity index (χ4v) is 12.8. The molecule has 41 heavy (non-hydrogen) atoms. The normalized spacial score (nSPS) is 44.6. The molecule has 0 spiro atoms. The SMILES string of the molecule is C=C(C)[C@@H]1CC[C@]2(CO)CC[C@]3(C)[C@H](CCC4[C@@]5(C)CC=C(c6ccc(C(=O)O)cc6Cl)C(C)(C)[C@@H]5CC[C@]43C)C12. The smallest absolute Gasteiger partial charge is 0.335 e. The maximum Gasteiger partial charge on any atom is 0.335 e. The van der Waals surface area contributed by atoms with Crippen molar-refractivity contribution in [1.29, 1.82) is 0 Å². The maximum absolute atomic E-state index is 11.5. The molecule has 0 aliphatic heterocycles. The summed E-state index contributed by atoms with van der Waals surface area (Å²) in [6.45, 7) is 19.8. The molecule has 0 aromatic heterocycles. The number of carbonyl (C=O) groups is 1. The Morgan fingerprint density at radius 3 is 2.34 bits per heavy atom. The Balaban J connectivity index is 1.37. The van der Waals surface area contributed by atoms with E-state index in [4.69, 9.17) is 11.6 Å². The number of hydrogen-bond acceptors (Lipinski definition) is 2. The molecule has 4 heteroatoms. The molecule has 4 saturated carbocycles. The Labute approximate surface area is 252 Å². The van der Waals surface area contributed by atoms with Crippen LogP contribution in [-0.2, 0) is 0 Å². The molecule has 3 nitrogen and oxygen atoms in total. The molecule has 6 rings (SSSR count). The summed E-state index contributed by atoms with van der Waals surface area (Å²) in [5.41, 5.74) is 4.63. The average molecular weight is 579 g/mol. The third-order valence-electron chi connectivity index (χ3n) is 14.6. The lowest BCUT2D eigenvalue weighted by Crippen LogP contribution is -2.65. The van der Waals surface area contributed by atoms with Crippen LogP contribution in [0, 0.1) is 56.7 Å². The van der Waals surface area contributed by atoms with E-state index in [0.29, 0.717) is 41.2 Å². The zero-order valence-corrected chi connectivity index (χ0v) is 26.9. The molecule has 5 aliphatic carbocycles. The molecule has 0 heterocycles. The van der Waals surface area contributed by atoms with Crippen LogP contribution in [0.4, 0.5) is 0 Å². The van der Waals surface area contributed by atoms with Gasteiger partial charge in [0.15, 0.2) is 0 Å². The predicted octanol–water partition coefficient (Wildman–Crippen LogP) is 9.68. The van der Waals surface area contributed by atoms with Gasteiger partial charge in [-0.15, -0.1) is 0 Å². The van der Waals surface area contributed by atoms with E-state index in [2.05, 4.69) is 54.2 Å². The summed E-state index contributed by atoms with van der Waals surface area (Å²) >= 11 is 6.74. The number of allylic oxidation sites excluding steroid dienone is 3. The van der Waals surface area contributed by atoms with Gasteiger partial charge in [-0.05, 0) is 145 Å². The van der Waals surface area contributed by atoms with Gasteiger partial charge >= 0.3 is 5.97 Å². The molecule has 1 aromatic carbocycles. The molecule has 2 unspecified atom stereocenters. The van der Waals surface area contributed by atoms with Gasteiger partial charge < -0.3 is 10.2 Å². The number of rotatable bonds is 4. The lowest BCUT2D eigenvalue weighted by atomic mass is 9.32. The Morgan fingerprint density at radius 2 is 1.71 bits per heavy atom. The first-order valence-electron chi connectivity index (χ1n) is 16.2. The van der Waals surface area contributed by atoms with E-state index in [-0.39, 0.29) is 32.6 Å². The van der Waals surface area contributed by atoms with Crippen molar-refractivity contribution in [3.63, 3.8) is 0 Å². The van der Waals surface area contributed by atoms with Gasteiger partial charge in [-0.3, -0.25) is 0 Å². The highest BCUT2D eigenvalue weighted by Gasteiger charge is 2.70. The van der Waals surface area contributed by atoms with Crippen molar-refractivity contribution in [2.24, 2.45) is 56.7 Å². The zero-order valence-electron chi connectivity index (χ0n) is 26.2. The van der Waals surface area contributed by atoms with Crippen LogP contribution in [0.3, 0.4) is 0 Å². The summed E-state index contributed by atoms with van der Waals surface area (Å²) < 4.78 is 0. The number of aliphatic hydroxyl groups excluding tert-OH is 1. The number of aromatic carboxylic acids is 1. The van der Waals surface area contributed by atoms with Crippen LogP contribution in [0.25, 0.3) is 5.57 Å². The first-order chi connectivity index (χ1) is 19.2. The van der Waals surface area contributed by atoms with Gasteiger partial charge in [0.25, 0.3) is 0 Å². The highest BCUT2D eigenvalue weighted by Crippen LogP contribution is 2.77. The van der Waals surface area contributed by atoms with Crippen molar-refractivity contribution in [3.8, 4) is 0 Å². The monoisotopic (exact) mass is 578 g/mol. The first kappa shape index (κ1) is 29.5. The molecular weight excluding hydrogens is 528 g/mol. The van der Waals surface area contributed by atoms with Crippen LogP contribution >= 0.6 is 11.6 Å². The fourth-order valence-electron chi connectivity index (χ4n) is 12.5. The van der Waals surface area contributed by atoms with Gasteiger partial charge in [-0.1, -0.05) is 70.5 Å². The van der Waals surface area contributed by atoms with Gasteiger partial charge in [0, 0.05) is 11.6 Å². The van der Waals surface area contributed by atoms with Gasteiger partial charge in [0.1, 0.15) is 0 Å². The van der Waals surface area contributed by atoms with E-state index in [0.717, 1.165) is 24.8 Å². The van der Waals surface area contributed by atoms with Gasteiger partial charge in [-0.25, -0.2) is 4.79 Å². The number of fused-ring (bicyclic) bond motifs is 7. The predicted molar refractivity (Wildman–Crippen MR) is 168 cm³/mol. The quantitative estimate of drug-likeness (QED) is 0.350. The Morgan fingerprint density at radius 1 is 0.976 bits per heavy atom. The summed E-state index contributed by atoms with van der Waals surface area (Å²) in [7, 11) is 0. The molecule has 5 aliphatic rings. The van der Waals surface area contributed by atoms with Gasteiger partial charge in [0.2, 0.25) is 0 Å². The summed E-state index contributed by atoms with van der Waals surface area (Å²) in [6, 6.07) is 5.24. The second kappa shape index (κ2) is 9.46. The largest absolute Gasteiger partial charge is 0.478 e. The second-order valence-corrected chi connectivity index (χ2v) is 16.7. The third-order valence-corrected chi connectivity index (χ3v) is 15.0. The van der Waals surface area contributed by atoms with Crippen LogP contribution in [0.5, 0.6) is 0 Å². The summed E-state index contributed by atoms with van der Waals surface area (Å²) in [4.78, 5) is 11.5. The highest BCUT2D eigenvalue weighted by molar-refractivity contribution is 6.32. The van der Waals surface area contributed by atoms with E-state index in [9.17, 15) is 15.0 Å². The summed E-state index contributed by atoms with van der Waals surface area (Å²) in [6.07, 6.45) is 13.3. The Bertz CT molecular complexity index is 1310. The molecule has 0 bridgehead atoms. The fraction of sp³-hybridized carbons (Fsp3) is 0.703. The average Bonchev–Trinajstić information content (AvgIpc) is 3.30. The minimum atomic E-state index is -0.940. The van der Waals surface area contributed by atoms with Crippen molar-refractivity contribution in [3.05, 3.63) is 52.6 Å². The molecule has 1 aromatic rings. The second-order valence-electron chi connectivity index (χ2n) is 16.2. The summed E-state index contributed by atoms with van der Waals surface area (Å²) in [5, 5.41) is 20.8. The van der Waals surface area contributed by atoms with Crippen molar-refractivity contribution < 1.29 is 15.0 Å². The van der Waals surface area contributed by atoms with E-state index in [1.165, 1.54) is 49.7 Å². The maximum atomic E-state index is 11.5. The molecule has 224 valence electrons. The Kier molecular flexibility index (Phi) is 6.80. The van der Waals surface area contributed by atoms with Crippen LogP contribution in [-0.4, -0.2) is 22.8 Å². The minimum absolute atomic E-state index is 0.0599. The molecular formula is C37H51ClO3. The van der Waals surface area contributed by atoms with Crippen LogP contribution in [0.1, 0.15) is 115 Å². The van der Waals surface area contributed by atoms with Crippen molar-refractivity contribution in [2.45, 2.75) is 99.3 Å². The molecule has 2 N–H and O–H groups in total. The van der Waals surface area contributed by atoms with E-state index < -0.39 is 5.97 Å². The van der Waals surface area contributed by atoms with Gasteiger partial charge in [0.05, 0.1) is 5.56 Å². The number of carboxylic acid groups (broad SMARTS) is 1. The van der Waals surface area contributed by atoms with Gasteiger partial charge in [-0.2, -0.15) is 0 Å². The summed E-state index contributed by atoms with van der Waals surface area (Å²) in [5.74, 6) is 2.03. The number of benzene rings is 1. The van der Waals surface area contributed by atoms with Crippen molar-refractivity contribution in [1.82, 2.24) is 0 Å². The molecule has 9 atom stereocenters. The van der Waals surface area contributed by atoms with Crippen LogP contribution in [0.15, 0.2) is 36.4 Å². The van der Waals surface area contributed by atoms with E-state index in [1.807, 2.05) is 6.07 Å². The van der Waals surface area contributed by atoms with Crippen LogP contribution < -0.4 is 0 Å². The van der Waals surface area contributed by atoms with Crippen molar-refractivity contribution in [2.75, 3.05) is 6.61 Å². The minimum Gasteiger partial charge on any atom is -0.478 e. The third kappa shape index (κ3) is 3.83. The molecule has 0 saturated heterocycles. The molecule has 0 amide bonds. The molecule has 0 radical (unpaired) electrons. The highest BCUT2D eigenvalue weighted by atomic mass is 35.5. The number of hydrogen-bond donors (Lipinski definition) is 2. The number of carboxylic acids is 1. The topological polar surface area (TPSA) is 57.5 Å². The number of aliphatic hydroxyl groups is 1.